The highest BCUT2D eigenvalue weighted by Gasteiger charge is 2.32. The Labute approximate surface area is 123 Å². The second-order valence-corrected chi connectivity index (χ2v) is 6.88. The molecule has 0 aliphatic carbocycles. The van der Waals surface area contributed by atoms with Crippen LogP contribution in [-0.2, 0) is 0 Å². The molecule has 0 saturated carbocycles. The maximum absolute atomic E-state index is 4.59. The monoisotopic (exact) mass is 276 g/mol. The molecule has 2 heterocycles. The van der Waals surface area contributed by atoms with Gasteiger partial charge < -0.3 is 10.2 Å². The zero-order valence-electron chi connectivity index (χ0n) is 13.5. The molecule has 4 nitrogen and oxygen atoms in total. The van der Waals surface area contributed by atoms with Crippen molar-refractivity contribution < 1.29 is 0 Å². The van der Waals surface area contributed by atoms with Gasteiger partial charge in [0, 0.05) is 25.2 Å². The summed E-state index contributed by atoms with van der Waals surface area (Å²) in [6.07, 6.45) is 4.03. The van der Waals surface area contributed by atoms with Crippen molar-refractivity contribution in [3.63, 3.8) is 0 Å². The molecule has 112 valence electrons. The predicted octanol–water partition coefficient (Wildman–Crippen LogP) is 3.66. The summed E-state index contributed by atoms with van der Waals surface area (Å²) in [5.74, 6) is 2.56. The van der Waals surface area contributed by atoms with E-state index in [1.807, 2.05) is 0 Å². The molecule has 0 atom stereocenters. The first-order valence-electron chi connectivity index (χ1n) is 7.78. The van der Waals surface area contributed by atoms with Gasteiger partial charge in [0.1, 0.15) is 18.0 Å². The van der Waals surface area contributed by atoms with Gasteiger partial charge in [-0.15, -0.1) is 0 Å². The lowest BCUT2D eigenvalue weighted by Crippen LogP contribution is -2.26. The number of nitrogens with one attached hydrogen (secondary N) is 1. The second kappa shape index (κ2) is 5.98. The fraction of sp³-hybridized carbons (Fsp3) is 0.750. The van der Waals surface area contributed by atoms with Gasteiger partial charge in [-0.1, -0.05) is 34.6 Å². The van der Waals surface area contributed by atoms with Crippen LogP contribution in [0.5, 0.6) is 0 Å². The summed E-state index contributed by atoms with van der Waals surface area (Å²) >= 11 is 0. The van der Waals surface area contributed by atoms with Crippen molar-refractivity contribution in [3.05, 3.63) is 11.9 Å². The zero-order valence-corrected chi connectivity index (χ0v) is 13.5. The first-order valence-corrected chi connectivity index (χ1v) is 7.78. The number of hydrogen-bond donors (Lipinski definition) is 1. The van der Waals surface area contributed by atoms with Crippen molar-refractivity contribution in [2.24, 2.45) is 5.41 Å². The van der Waals surface area contributed by atoms with E-state index in [2.05, 4.69) is 54.8 Å². The van der Waals surface area contributed by atoms with Gasteiger partial charge in [-0.2, -0.15) is 0 Å². The number of rotatable bonds is 5. The van der Waals surface area contributed by atoms with E-state index >= 15 is 0 Å². The van der Waals surface area contributed by atoms with Gasteiger partial charge in [0.05, 0.1) is 0 Å². The van der Waals surface area contributed by atoms with E-state index < -0.39 is 0 Å². The summed E-state index contributed by atoms with van der Waals surface area (Å²) in [6, 6.07) is 0. The average molecular weight is 276 g/mol. The molecule has 20 heavy (non-hydrogen) atoms. The standard InChI is InChI=1S/C16H28N4/c1-6-8-17-14-13(12(2)3)15(19-11-18-14)20-9-7-16(4,5)10-20/h11-12H,6-10H2,1-5H3,(H,17,18,19). The SMILES string of the molecule is CCCNc1ncnc(N2CCC(C)(C)C2)c1C(C)C. The molecular weight excluding hydrogens is 248 g/mol. The lowest BCUT2D eigenvalue weighted by Gasteiger charge is -2.25. The Morgan fingerprint density at radius 3 is 2.65 bits per heavy atom. The third-order valence-electron chi connectivity index (χ3n) is 3.96. The highest BCUT2D eigenvalue weighted by atomic mass is 15.2. The molecule has 4 heteroatoms. The van der Waals surface area contributed by atoms with E-state index in [0.29, 0.717) is 11.3 Å². The summed E-state index contributed by atoms with van der Waals surface area (Å²) in [6.45, 7) is 14.4. The Bertz CT molecular complexity index is 454. The molecule has 2 rings (SSSR count). The van der Waals surface area contributed by atoms with Crippen LogP contribution in [0.25, 0.3) is 0 Å². The average Bonchev–Trinajstić information content (AvgIpc) is 2.76. The quantitative estimate of drug-likeness (QED) is 0.891. The first-order chi connectivity index (χ1) is 9.44. The molecule has 1 N–H and O–H groups in total. The molecule has 1 aliphatic heterocycles. The van der Waals surface area contributed by atoms with Crippen LogP contribution >= 0.6 is 0 Å². The Morgan fingerprint density at radius 1 is 1.35 bits per heavy atom. The van der Waals surface area contributed by atoms with Crippen molar-refractivity contribution in [2.45, 2.75) is 53.4 Å². The van der Waals surface area contributed by atoms with Crippen molar-refractivity contribution in [2.75, 3.05) is 29.9 Å². The van der Waals surface area contributed by atoms with Crippen molar-refractivity contribution in [1.82, 2.24) is 9.97 Å². The molecule has 0 aromatic carbocycles. The van der Waals surface area contributed by atoms with E-state index in [9.17, 15) is 0 Å². The van der Waals surface area contributed by atoms with Gasteiger partial charge in [0.2, 0.25) is 0 Å². The Morgan fingerprint density at radius 2 is 2.10 bits per heavy atom. The first kappa shape index (κ1) is 15.1. The molecule has 0 radical (unpaired) electrons. The zero-order chi connectivity index (χ0) is 14.8. The maximum atomic E-state index is 4.59. The lowest BCUT2D eigenvalue weighted by atomic mass is 9.93. The molecular formula is C16H28N4. The number of hydrogen-bond acceptors (Lipinski definition) is 4. The van der Waals surface area contributed by atoms with Crippen LogP contribution < -0.4 is 10.2 Å². The summed E-state index contributed by atoms with van der Waals surface area (Å²) < 4.78 is 0. The Hall–Kier alpha value is -1.32. The fourth-order valence-corrected chi connectivity index (χ4v) is 2.85. The smallest absolute Gasteiger partial charge is 0.137 e. The van der Waals surface area contributed by atoms with Gasteiger partial charge in [-0.3, -0.25) is 0 Å². The molecule has 1 fully saturated rings. The highest BCUT2D eigenvalue weighted by molar-refractivity contribution is 5.60. The van der Waals surface area contributed by atoms with Crippen LogP contribution in [-0.4, -0.2) is 29.6 Å². The Kier molecular flexibility index (Phi) is 4.51. The second-order valence-electron chi connectivity index (χ2n) is 6.88. The molecule has 0 amide bonds. The normalized spacial score (nSPS) is 17.8. The molecule has 0 unspecified atom stereocenters. The summed E-state index contributed by atoms with van der Waals surface area (Å²) in [5, 5.41) is 3.45. The number of nitrogens with zero attached hydrogens (tertiary/aromatic N) is 3. The molecule has 1 aromatic rings. The van der Waals surface area contributed by atoms with Crippen LogP contribution in [0.15, 0.2) is 6.33 Å². The summed E-state index contributed by atoms with van der Waals surface area (Å²) in [5.41, 5.74) is 1.65. The van der Waals surface area contributed by atoms with E-state index in [1.165, 1.54) is 12.0 Å². The van der Waals surface area contributed by atoms with Crippen LogP contribution in [0.1, 0.15) is 58.9 Å². The predicted molar refractivity (Wildman–Crippen MR) is 85.5 cm³/mol. The topological polar surface area (TPSA) is 41.1 Å². The van der Waals surface area contributed by atoms with Gasteiger partial charge in [0.15, 0.2) is 0 Å². The third-order valence-corrected chi connectivity index (χ3v) is 3.96. The van der Waals surface area contributed by atoms with E-state index in [0.717, 1.165) is 37.7 Å². The van der Waals surface area contributed by atoms with Crippen LogP contribution in [0.4, 0.5) is 11.6 Å². The minimum absolute atomic E-state index is 0.385. The lowest BCUT2D eigenvalue weighted by molar-refractivity contribution is 0.418. The fourth-order valence-electron chi connectivity index (χ4n) is 2.85. The molecule has 1 saturated heterocycles. The third kappa shape index (κ3) is 3.22. The molecule has 0 spiro atoms. The maximum Gasteiger partial charge on any atom is 0.137 e. The molecule has 1 aromatic heterocycles. The largest absolute Gasteiger partial charge is 0.370 e. The Balaban J connectivity index is 2.32. The highest BCUT2D eigenvalue weighted by Crippen LogP contribution is 2.37. The summed E-state index contributed by atoms with van der Waals surface area (Å²) in [4.78, 5) is 11.5. The van der Waals surface area contributed by atoms with Crippen molar-refractivity contribution in [1.29, 1.82) is 0 Å². The van der Waals surface area contributed by atoms with Gasteiger partial charge in [0.25, 0.3) is 0 Å². The van der Waals surface area contributed by atoms with Gasteiger partial charge in [-0.05, 0) is 24.2 Å². The minimum atomic E-state index is 0.385. The van der Waals surface area contributed by atoms with E-state index in [1.54, 1.807) is 6.33 Å². The van der Waals surface area contributed by atoms with Crippen LogP contribution in [0, 0.1) is 5.41 Å². The van der Waals surface area contributed by atoms with Crippen molar-refractivity contribution >= 4 is 11.6 Å². The van der Waals surface area contributed by atoms with E-state index in [-0.39, 0.29) is 0 Å². The molecule has 1 aliphatic rings. The van der Waals surface area contributed by atoms with Crippen LogP contribution in [0.3, 0.4) is 0 Å². The van der Waals surface area contributed by atoms with Gasteiger partial charge >= 0.3 is 0 Å². The van der Waals surface area contributed by atoms with Gasteiger partial charge in [-0.25, -0.2) is 9.97 Å². The minimum Gasteiger partial charge on any atom is -0.370 e. The number of aromatic nitrogens is 2. The van der Waals surface area contributed by atoms with E-state index in [4.69, 9.17) is 0 Å². The van der Waals surface area contributed by atoms with Crippen molar-refractivity contribution in [3.8, 4) is 0 Å². The number of anilines is 2. The summed E-state index contributed by atoms with van der Waals surface area (Å²) in [7, 11) is 0. The van der Waals surface area contributed by atoms with Crippen LogP contribution in [0.2, 0.25) is 0 Å². The molecule has 0 bridgehead atoms.